The molecule has 2 aromatic heterocycles. The van der Waals surface area contributed by atoms with Gasteiger partial charge in [0.15, 0.2) is 0 Å². The minimum atomic E-state index is -0.235. The minimum absolute atomic E-state index is 0.208. The van der Waals surface area contributed by atoms with Gasteiger partial charge in [-0.05, 0) is 49.4 Å². The highest BCUT2D eigenvalue weighted by Gasteiger charge is 2.17. The number of hydrazine groups is 1. The Hall–Kier alpha value is -2.25. The molecule has 0 spiro atoms. The molecule has 0 unspecified atom stereocenters. The second kappa shape index (κ2) is 8.19. The van der Waals surface area contributed by atoms with E-state index in [9.17, 15) is 9.59 Å². The predicted molar refractivity (Wildman–Crippen MR) is 109 cm³/mol. The normalized spacial score (nSPS) is 13.8. The second-order valence-corrected chi connectivity index (χ2v) is 8.95. The first-order chi connectivity index (χ1) is 13.2. The van der Waals surface area contributed by atoms with E-state index in [0.717, 1.165) is 28.1 Å². The summed E-state index contributed by atoms with van der Waals surface area (Å²) in [6, 6.07) is 9.92. The highest BCUT2D eigenvalue weighted by Crippen LogP contribution is 2.28. The van der Waals surface area contributed by atoms with Crippen LogP contribution in [0.3, 0.4) is 0 Å². The third-order valence-electron chi connectivity index (χ3n) is 4.69. The molecule has 140 valence electrons. The zero-order valence-corrected chi connectivity index (χ0v) is 16.5. The van der Waals surface area contributed by atoms with Gasteiger partial charge in [-0.1, -0.05) is 18.6 Å². The number of nitrogens with one attached hydrogen (secondary N) is 2. The van der Waals surface area contributed by atoms with Crippen LogP contribution in [0, 0.1) is 0 Å². The molecule has 0 bridgehead atoms. The summed E-state index contributed by atoms with van der Waals surface area (Å²) in [6.07, 6.45) is 6.60. The van der Waals surface area contributed by atoms with Gasteiger partial charge in [-0.3, -0.25) is 20.4 Å². The quantitative estimate of drug-likeness (QED) is 0.514. The molecular weight excluding hydrogens is 378 g/mol. The molecule has 5 nitrogen and oxygen atoms in total. The molecule has 3 aromatic rings. The molecule has 1 aliphatic carbocycles. The first-order valence-corrected chi connectivity index (χ1v) is 10.9. The van der Waals surface area contributed by atoms with Gasteiger partial charge in [0.05, 0.1) is 20.1 Å². The van der Waals surface area contributed by atoms with E-state index in [1.165, 1.54) is 29.7 Å². The minimum Gasteiger partial charge on any atom is -0.273 e. The molecule has 1 aromatic carbocycles. The maximum absolute atomic E-state index is 12.3. The van der Waals surface area contributed by atoms with E-state index in [1.807, 2.05) is 30.3 Å². The number of aromatic nitrogens is 1. The van der Waals surface area contributed by atoms with Crippen molar-refractivity contribution < 1.29 is 9.59 Å². The summed E-state index contributed by atoms with van der Waals surface area (Å²) in [5, 5.41) is 0.930. The van der Waals surface area contributed by atoms with Crippen LogP contribution < -0.4 is 10.9 Å². The van der Waals surface area contributed by atoms with Gasteiger partial charge in [-0.2, -0.15) is 0 Å². The van der Waals surface area contributed by atoms with Crippen LogP contribution in [0.4, 0.5) is 0 Å². The highest BCUT2D eigenvalue weighted by molar-refractivity contribution is 7.18. The number of amides is 2. The Balaban J connectivity index is 1.28. The number of hydrogen-bond donors (Lipinski definition) is 2. The van der Waals surface area contributed by atoms with Gasteiger partial charge < -0.3 is 0 Å². The lowest BCUT2D eigenvalue weighted by atomic mass is 10.1. The number of carbonyl (C=O) groups excluding carboxylic acids is 2. The molecule has 2 N–H and O–H groups in total. The number of hydrogen-bond acceptors (Lipinski definition) is 5. The van der Waals surface area contributed by atoms with Gasteiger partial charge in [0, 0.05) is 17.7 Å². The van der Waals surface area contributed by atoms with E-state index in [2.05, 4.69) is 15.8 Å². The maximum atomic E-state index is 12.3. The van der Waals surface area contributed by atoms with Crippen molar-refractivity contribution in [2.75, 3.05) is 0 Å². The van der Waals surface area contributed by atoms with Crippen molar-refractivity contribution >= 4 is 44.7 Å². The van der Waals surface area contributed by atoms with Crippen LogP contribution >= 0.6 is 22.7 Å². The third-order valence-corrected chi connectivity index (χ3v) is 7.02. The Bertz CT molecular complexity index is 920. The van der Waals surface area contributed by atoms with Crippen LogP contribution in [0.1, 0.15) is 50.8 Å². The van der Waals surface area contributed by atoms with E-state index in [4.69, 9.17) is 0 Å². The number of nitrogens with zero attached hydrogens (tertiary/aromatic N) is 1. The number of carbonyl (C=O) groups is 2. The zero-order valence-electron chi connectivity index (χ0n) is 14.9. The second-order valence-electron chi connectivity index (χ2n) is 6.70. The van der Waals surface area contributed by atoms with Crippen LogP contribution in [0.25, 0.3) is 10.2 Å². The fraction of sp³-hybridized carbons (Fsp3) is 0.350. The van der Waals surface area contributed by atoms with Crippen LogP contribution in [-0.4, -0.2) is 16.8 Å². The van der Waals surface area contributed by atoms with E-state index < -0.39 is 0 Å². The zero-order chi connectivity index (χ0) is 18.6. The molecular formula is C20H21N3O2S2. The van der Waals surface area contributed by atoms with Crippen molar-refractivity contribution in [1.29, 1.82) is 0 Å². The first kappa shape index (κ1) is 18.1. The average Bonchev–Trinajstić information content (AvgIpc) is 3.22. The molecule has 4 rings (SSSR count). The Morgan fingerprint density at radius 3 is 2.78 bits per heavy atom. The fourth-order valence-corrected chi connectivity index (χ4v) is 5.39. The van der Waals surface area contributed by atoms with Crippen molar-refractivity contribution in [3.8, 4) is 0 Å². The highest BCUT2D eigenvalue weighted by atomic mass is 32.1. The van der Waals surface area contributed by atoms with Crippen LogP contribution in [0.2, 0.25) is 0 Å². The Morgan fingerprint density at radius 1 is 1.04 bits per heavy atom. The predicted octanol–water partition coefficient (Wildman–Crippen LogP) is 4.02. The summed E-state index contributed by atoms with van der Waals surface area (Å²) in [6.45, 7) is 0. The van der Waals surface area contributed by atoms with E-state index >= 15 is 0 Å². The summed E-state index contributed by atoms with van der Waals surface area (Å²) in [5.41, 5.74) is 7.32. The molecule has 0 saturated heterocycles. The molecule has 2 amide bonds. The van der Waals surface area contributed by atoms with Gasteiger partial charge in [0.25, 0.3) is 5.91 Å². The molecule has 2 heterocycles. The fourth-order valence-electron chi connectivity index (χ4n) is 3.28. The number of thiophene rings is 1. The Labute approximate surface area is 165 Å². The number of fused-ring (bicyclic) bond motifs is 2. The lowest BCUT2D eigenvalue weighted by Crippen LogP contribution is -2.41. The summed E-state index contributed by atoms with van der Waals surface area (Å²) in [4.78, 5) is 30.9. The van der Waals surface area contributed by atoms with Gasteiger partial charge in [0.1, 0.15) is 0 Å². The molecule has 1 aliphatic rings. The largest absolute Gasteiger partial charge is 0.279 e. The number of thiazole rings is 1. The van der Waals surface area contributed by atoms with Crippen molar-refractivity contribution in [3.05, 3.63) is 50.7 Å². The van der Waals surface area contributed by atoms with Crippen molar-refractivity contribution in [2.24, 2.45) is 0 Å². The summed E-state index contributed by atoms with van der Waals surface area (Å²) in [7, 11) is 0. The van der Waals surface area contributed by atoms with Gasteiger partial charge >= 0.3 is 0 Å². The monoisotopic (exact) mass is 399 g/mol. The average molecular weight is 400 g/mol. The van der Waals surface area contributed by atoms with Gasteiger partial charge in [0.2, 0.25) is 5.91 Å². The van der Waals surface area contributed by atoms with E-state index in [1.54, 1.807) is 22.7 Å². The molecule has 27 heavy (non-hydrogen) atoms. The lowest BCUT2D eigenvalue weighted by molar-refractivity contribution is -0.121. The molecule has 0 aliphatic heterocycles. The molecule has 0 fully saturated rings. The van der Waals surface area contributed by atoms with Crippen molar-refractivity contribution in [1.82, 2.24) is 15.8 Å². The number of para-hydroxylation sites is 1. The standard InChI is InChI=1S/C20H21N3O2S2/c24-18(10-11-19-21-14-7-4-5-9-16(14)27-19)22-23-20(25)17-12-13-6-2-1-3-8-15(13)26-17/h4-5,7,9,12H,1-3,6,8,10-11H2,(H,22,24)(H,23,25). The summed E-state index contributed by atoms with van der Waals surface area (Å²) in [5.74, 6) is -0.442. The van der Waals surface area contributed by atoms with Crippen LogP contribution in [0.15, 0.2) is 30.3 Å². The van der Waals surface area contributed by atoms with Crippen LogP contribution in [0.5, 0.6) is 0 Å². The number of aryl methyl sites for hydroxylation is 3. The lowest BCUT2D eigenvalue weighted by Gasteiger charge is -2.05. The Kier molecular flexibility index (Phi) is 5.50. The number of benzene rings is 1. The molecule has 0 saturated carbocycles. The third kappa shape index (κ3) is 4.36. The van der Waals surface area contributed by atoms with E-state index in [-0.39, 0.29) is 11.8 Å². The van der Waals surface area contributed by atoms with Crippen molar-refractivity contribution in [3.63, 3.8) is 0 Å². The SMILES string of the molecule is O=C(CCc1nc2ccccc2s1)NNC(=O)c1cc2c(s1)CCCCC2. The molecule has 7 heteroatoms. The summed E-state index contributed by atoms with van der Waals surface area (Å²) < 4.78 is 1.12. The number of rotatable bonds is 4. The topological polar surface area (TPSA) is 71.1 Å². The summed E-state index contributed by atoms with van der Waals surface area (Å²) >= 11 is 3.15. The van der Waals surface area contributed by atoms with Gasteiger partial charge in [-0.15, -0.1) is 22.7 Å². The maximum Gasteiger partial charge on any atom is 0.279 e. The Morgan fingerprint density at radius 2 is 1.89 bits per heavy atom. The smallest absolute Gasteiger partial charge is 0.273 e. The van der Waals surface area contributed by atoms with Crippen LogP contribution in [-0.2, 0) is 24.1 Å². The van der Waals surface area contributed by atoms with E-state index in [0.29, 0.717) is 17.7 Å². The first-order valence-electron chi connectivity index (χ1n) is 9.24. The molecule has 0 radical (unpaired) electrons. The van der Waals surface area contributed by atoms with Crippen molar-refractivity contribution in [2.45, 2.75) is 44.9 Å². The molecule has 0 atom stereocenters. The van der Waals surface area contributed by atoms with Gasteiger partial charge in [-0.25, -0.2) is 4.98 Å².